The predicted molar refractivity (Wildman–Crippen MR) is 115 cm³/mol. The molecule has 3 rings (SSSR count). The lowest BCUT2D eigenvalue weighted by atomic mass is 10.0. The molecule has 0 N–H and O–H groups in total. The second-order valence-electron chi connectivity index (χ2n) is 7.44. The van der Waals surface area contributed by atoms with E-state index in [0.717, 1.165) is 13.1 Å². The highest BCUT2D eigenvalue weighted by Crippen LogP contribution is 2.38. The number of rotatable bonds is 6. The number of hydrogen-bond acceptors (Lipinski definition) is 5. The van der Waals surface area contributed by atoms with E-state index in [0.29, 0.717) is 41.8 Å². The highest BCUT2D eigenvalue weighted by Gasteiger charge is 2.25. The number of nitrogens with zero attached hydrogens (tertiary/aromatic N) is 2. The van der Waals surface area contributed by atoms with Gasteiger partial charge in [-0.2, -0.15) is 0 Å². The molecule has 0 aliphatic carbocycles. The molecule has 2 aromatic carbocycles. The van der Waals surface area contributed by atoms with Crippen molar-refractivity contribution >= 4 is 11.6 Å². The molecule has 0 unspecified atom stereocenters. The lowest BCUT2D eigenvalue weighted by Crippen LogP contribution is -2.48. The van der Waals surface area contributed by atoms with Crippen LogP contribution < -0.4 is 19.1 Å². The van der Waals surface area contributed by atoms with Gasteiger partial charge in [0.2, 0.25) is 5.75 Å². The standard InChI is InChI=1S/C23H30N2O4/c1-16(2)17-6-8-19(9-7-17)24-10-12-25(13-11-24)23(26)18-14-20(27-3)22(29-5)21(15-18)28-4/h6-9,14-16H,10-13H2,1-5H3. The average molecular weight is 399 g/mol. The summed E-state index contributed by atoms with van der Waals surface area (Å²) in [6.45, 7) is 7.34. The van der Waals surface area contributed by atoms with Crippen molar-refractivity contribution in [3.63, 3.8) is 0 Å². The van der Waals surface area contributed by atoms with Crippen LogP contribution in [0.4, 0.5) is 5.69 Å². The Morgan fingerprint density at radius 1 is 0.862 bits per heavy atom. The molecule has 0 spiro atoms. The van der Waals surface area contributed by atoms with Crippen molar-refractivity contribution in [2.24, 2.45) is 0 Å². The van der Waals surface area contributed by atoms with Crippen LogP contribution in [0, 0.1) is 0 Å². The summed E-state index contributed by atoms with van der Waals surface area (Å²) < 4.78 is 16.1. The van der Waals surface area contributed by atoms with Gasteiger partial charge in [0.25, 0.3) is 5.91 Å². The number of piperazine rings is 1. The first kappa shape index (κ1) is 20.8. The molecular weight excluding hydrogens is 368 g/mol. The molecule has 29 heavy (non-hydrogen) atoms. The molecule has 1 saturated heterocycles. The van der Waals surface area contributed by atoms with Gasteiger partial charge < -0.3 is 24.0 Å². The summed E-state index contributed by atoms with van der Waals surface area (Å²) >= 11 is 0. The van der Waals surface area contributed by atoms with Crippen LogP contribution in [-0.4, -0.2) is 58.3 Å². The van der Waals surface area contributed by atoms with Gasteiger partial charge in [0.1, 0.15) is 0 Å². The van der Waals surface area contributed by atoms with E-state index in [1.165, 1.54) is 11.3 Å². The van der Waals surface area contributed by atoms with E-state index in [1.807, 2.05) is 4.90 Å². The van der Waals surface area contributed by atoms with Gasteiger partial charge in [-0.15, -0.1) is 0 Å². The second kappa shape index (κ2) is 9.07. The minimum absolute atomic E-state index is 0.0286. The summed E-state index contributed by atoms with van der Waals surface area (Å²) in [5, 5.41) is 0. The molecule has 6 heteroatoms. The van der Waals surface area contributed by atoms with E-state index in [-0.39, 0.29) is 5.91 Å². The number of hydrogen-bond donors (Lipinski definition) is 0. The topological polar surface area (TPSA) is 51.2 Å². The van der Waals surface area contributed by atoms with Crippen molar-refractivity contribution in [2.75, 3.05) is 52.4 Å². The fourth-order valence-electron chi connectivity index (χ4n) is 3.62. The summed E-state index contributed by atoms with van der Waals surface area (Å²) in [6.07, 6.45) is 0. The number of ether oxygens (including phenoxy) is 3. The van der Waals surface area contributed by atoms with Gasteiger partial charge in [0, 0.05) is 37.4 Å². The molecule has 0 atom stereocenters. The van der Waals surface area contributed by atoms with E-state index in [1.54, 1.807) is 33.5 Å². The molecule has 156 valence electrons. The Morgan fingerprint density at radius 3 is 1.86 bits per heavy atom. The monoisotopic (exact) mass is 398 g/mol. The molecule has 2 aromatic rings. The Bertz CT molecular complexity index is 815. The Labute approximate surface area is 173 Å². The summed E-state index contributed by atoms with van der Waals surface area (Å²) in [4.78, 5) is 17.3. The molecule has 0 saturated carbocycles. The van der Waals surface area contributed by atoms with Crippen LogP contribution in [0.25, 0.3) is 0 Å². The fourth-order valence-corrected chi connectivity index (χ4v) is 3.62. The van der Waals surface area contributed by atoms with Crippen LogP contribution in [0.1, 0.15) is 35.7 Å². The minimum atomic E-state index is -0.0286. The number of carbonyl (C=O) groups is 1. The fraction of sp³-hybridized carbons (Fsp3) is 0.435. The number of benzene rings is 2. The smallest absolute Gasteiger partial charge is 0.254 e. The third kappa shape index (κ3) is 4.42. The molecular formula is C23H30N2O4. The Balaban J connectivity index is 1.70. The van der Waals surface area contributed by atoms with Crippen molar-refractivity contribution in [2.45, 2.75) is 19.8 Å². The third-order valence-electron chi connectivity index (χ3n) is 5.40. The SMILES string of the molecule is COc1cc(C(=O)N2CCN(c3ccc(C(C)C)cc3)CC2)cc(OC)c1OC. The van der Waals surface area contributed by atoms with Crippen molar-refractivity contribution in [1.29, 1.82) is 0 Å². The normalized spacial score (nSPS) is 14.1. The molecule has 1 heterocycles. The highest BCUT2D eigenvalue weighted by molar-refractivity contribution is 5.95. The lowest BCUT2D eigenvalue weighted by molar-refractivity contribution is 0.0746. The van der Waals surface area contributed by atoms with Crippen LogP contribution >= 0.6 is 0 Å². The Hall–Kier alpha value is -2.89. The van der Waals surface area contributed by atoms with Gasteiger partial charge in [-0.3, -0.25) is 4.79 Å². The number of methoxy groups -OCH3 is 3. The van der Waals surface area contributed by atoms with Gasteiger partial charge in [0.05, 0.1) is 21.3 Å². The van der Waals surface area contributed by atoms with E-state index < -0.39 is 0 Å². The molecule has 6 nitrogen and oxygen atoms in total. The summed E-state index contributed by atoms with van der Waals surface area (Å²) in [5.41, 5.74) is 3.08. The van der Waals surface area contributed by atoms with Gasteiger partial charge in [-0.1, -0.05) is 26.0 Å². The molecule has 1 aliphatic heterocycles. The average Bonchev–Trinajstić information content (AvgIpc) is 2.77. The third-order valence-corrected chi connectivity index (χ3v) is 5.40. The van der Waals surface area contributed by atoms with Crippen molar-refractivity contribution in [3.8, 4) is 17.2 Å². The largest absolute Gasteiger partial charge is 0.493 e. The molecule has 1 amide bonds. The van der Waals surface area contributed by atoms with Crippen LogP contribution in [0.2, 0.25) is 0 Å². The Kier molecular flexibility index (Phi) is 6.52. The first-order valence-corrected chi connectivity index (χ1v) is 9.92. The number of amides is 1. The van der Waals surface area contributed by atoms with Gasteiger partial charge in [0.15, 0.2) is 11.5 Å². The van der Waals surface area contributed by atoms with Gasteiger partial charge in [-0.05, 0) is 35.7 Å². The molecule has 1 fully saturated rings. The molecule has 0 radical (unpaired) electrons. The first-order chi connectivity index (χ1) is 14.0. The molecule has 1 aliphatic rings. The zero-order chi connectivity index (χ0) is 21.0. The van der Waals surface area contributed by atoms with Crippen LogP contribution in [0.15, 0.2) is 36.4 Å². The van der Waals surface area contributed by atoms with Crippen molar-refractivity contribution < 1.29 is 19.0 Å². The van der Waals surface area contributed by atoms with Crippen molar-refractivity contribution in [3.05, 3.63) is 47.5 Å². The van der Waals surface area contributed by atoms with E-state index >= 15 is 0 Å². The van der Waals surface area contributed by atoms with Crippen LogP contribution in [0.3, 0.4) is 0 Å². The van der Waals surface area contributed by atoms with E-state index in [2.05, 4.69) is 43.0 Å². The lowest BCUT2D eigenvalue weighted by Gasteiger charge is -2.36. The summed E-state index contributed by atoms with van der Waals surface area (Å²) in [6, 6.07) is 12.1. The van der Waals surface area contributed by atoms with Gasteiger partial charge in [-0.25, -0.2) is 0 Å². The summed E-state index contributed by atoms with van der Waals surface area (Å²) in [7, 11) is 4.65. The second-order valence-corrected chi connectivity index (χ2v) is 7.44. The Morgan fingerprint density at radius 2 is 1.41 bits per heavy atom. The highest BCUT2D eigenvalue weighted by atomic mass is 16.5. The van der Waals surface area contributed by atoms with Crippen LogP contribution in [0.5, 0.6) is 17.2 Å². The zero-order valence-electron chi connectivity index (χ0n) is 17.9. The van der Waals surface area contributed by atoms with E-state index in [4.69, 9.17) is 14.2 Å². The van der Waals surface area contributed by atoms with Gasteiger partial charge >= 0.3 is 0 Å². The number of carbonyl (C=O) groups excluding carboxylic acids is 1. The first-order valence-electron chi connectivity index (χ1n) is 9.92. The quantitative estimate of drug-likeness (QED) is 0.741. The van der Waals surface area contributed by atoms with E-state index in [9.17, 15) is 4.79 Å². The molecule has 0 aromatic heterocycles. The zero-order valence-corrected chi connectivity index (χ0v) is 17.9. The number of anilines is 1. The van der Waals surface area contributed by atoms with Crippen molar-refractivity contribution in [1.82, 2.24) is 4.90 Å². The molecule has 0 bridgehead atoms. The maximum atomic E-state index is 13.1. The predicted octanol–water partition coefficient (Wildman–Crippen LogP) is 3.80. The summed E-state index contributed by atoms with van der Waals surface area (Å²) in [5.74, 6) is 1.95. The minimum Gasteiger partial charge on any atom is -0.493 e. The maximum absolute atomic E-state index is 13.1. The maximum Gasteiger partial charge on any atom is 0.254 e. The van der Waals surface area contributed by atoms with Crippen LogP contribution in [-0.2, 0) is 0 Å².